The highest BCUT2D eigenvalue weighted by atomic mass is 19.4. The maximum absolute atomic E-state index is 12.8. The maximum Gasteiger partial charge on any atom is 0.416 e. The first-order valence-corrected chi connectivity index (χ1v) is 12.3. The van der Waals surface area contributed by atoms with E-state index in [4.69, 9.17) is 5.21 Å². The molecule has 0 aliphatic carbocycles. The Morgan fingerprint density at radius 2 is 1.54 bits per heavy atom. The summed E-state index contributed by atoms with van der Waals surface area (Å²) in [4.78, 5) is 36.1. The SMILES string of the molecule is CC(O)C(NC(=O)c1ccc(C#Cc2ccc(NC(=O)CNCc3cccc(C(F)(F)F)c3)cc2)cc1)C(=O)NO. The zero-order valence-electron chi connectivity index (χ0n) is 21.8. The number of nitrogens with one attached hydrogen (secondary N) is 4. The summed E-state index contributed by atoms with van der Waals surface area (Å²) in [7, 11) is 0. The number of halogens is 3. The second-order valence-corrected chi connectivity index (χ2v) is 8.92. The van der Waals surface area contributed by atoms with Gasteiger partial charge in [0.05, 0.1) is 18.2 Å². The van der Waals surface area contributed by atoms with Crippen molar-refractivity contribution in [1.82, 2.24) is 16.1 Å². The van der Waals surface area contributed by atoms with Crippen LogP contribution in [0.5, 0.6) is 0 Å². The lowest BCUT2D eigenvalue weighted by atomic mass is 10.1. The highest BCUT2D eigenvalue weighted by molar-refractivity contribution is 5.97. The van der Waals surface area contributed by atoms with Crippen molar-refractivity contribution in [2.24, 2.45) is 0 Å². The fourth-order valence-electron chi connectivity index (χ4n) is 3.57. The van der Waals surface area contributed by atoms with Gasteiger partial charge in [-0.25, -0.2) is 5.48 Å². The monoisotopic (exact) mass is 568 g/mol. The molecule has 214 valence electrons. The molecule has 2 atom stereocenters. The van der Waals surface area contributed by atoms with Crippen LogP contribution in [0.3, 0.4) is 0 Å². The lowest BCUT2D eigenvalue weighted by molar-refractivity contribution is -0.137. The third kappa shape index (κ3) is 9.47. The molecule has 0 aliphatic rings. The van der Waals surface area contributed by atoms with Crippen LogP contribution in [0.1, 0.15) is 39.5 Å². The second-order valence-electron chi connectivity index (χ2n) is 8.92. The highest BCUT2D eigenvalue weighted by Crippen LogP contribution is 2.29. The average Bonchev–Trinajstić information content (AvgIpc) is 2.95. The molecule has 3 amide bonds. The Morgan fingerprint density at radius 1 is 0.927 bits per heavy atom. The van der Waals surface area contributed by atoms with E-state index in [2.05, 4.69) is 27.8 Å². The number of amides is 3. The Morgan fingerprint density at radius 3 is 2.10 bits per heavy atom. The van der Waals surface area contributed by atoms with Gasteiger partial charge in [0.2, 0.25) is 5.91 Å². The molecule has 3 rings (SSSR count). The van der Waals surface area contributed by atoms with Gasteiger partial charge in [0.25, 0.3) is 11.8 Å². The van der Waals surface area contributed by atoms with Gasteiger partial charge in [-0.05, 0) is 67.1 Å². The summed E-state index contributed by atoms with van der Waals surface area (Å²) in [5.41, 5.74) is 3.04. The van der Waals surface area contributed by atoms with Crippen LogP contribution in [-0.2, 0) is 22.3 Å². The number of hydrogen-bond acceptors (Lipinski definition) is 6. The molecule has 12 heteroatoms. The molecule has 3 aromatic carbocycles. The lowest BCUT2D eigenvalue weighted by Gasteiger charge is -2.19. The van der Waals surface area contributed by atoms with Crippen LogP contribution in [0, 0.1) is 11.8 Å². The van der Waals surface area contributed by atoms with Gasteiger partial charge in [0.15, 0.2) is 0 Å². The van der Waals surface area contributed by atoms with Crippen molar-refractivity contribution in [3.63, 3.8) is 0 Å². The van der Waals surface area contributed by atoms with Gasteiger partial charge in [-0.15, -0.1) is 0 Å². The molecule has 9 nitrogen and oxygen atoms in total. The summed E-state index contributed by atoms with van der Waals surface area (Å²) in [6.07, 6.45) is -5.66. The minimum Gasteiger partial charge on any atom is -0.391 e. The Balaban J connectivity index is 1.50. The minimum atomic E-state index is -4.43. The molecule has 0 aromatic heterocycles. The number of anilines is 1. The van der Waals surface area contributed by atoms with E-state index < -0.39 is 35.7 Å². The van der Waals surface area contributed by atoms with Crippen LogP contribution in [0.4, 0.5) is 18.9 Å². The van der Waals surface area contributed by atoms with Crippen molar-refractivity contribution < 1.29 is 37.9 Å². The van der Waals surface area contributed by atoms with E-state index >= 15 is 0 Å². The molecule has 0 fully saturated rings. The maximum atomic E-state index is 12.8. The van der Waals surface area contributed by atoms with E-state index in [-0.39, 0.29) is 24.6 Å². The van der Waals surface area contributed by atoms with Crippen LogP contribution >= 0.6 is 0 Å². The summed E-state index contributed by atoms with van der Waals surface area (Å²) in [5.74, 6) is 3.96. The number of hydroxylamine groups is 1. The Bertz CT molecular complexity index is 1430. The molecule has 0 radical (unpaired) electrons. The van der Waals surface area contributed by atoms with Gasteiger partial charge < -0.3 is 21.1 Å². The van der Waals surface area contributed by atoms with Crippen LogP contribution in [0.15, 0.2) is 72.8 Å². The van der Waals surface area contributed by atoms with Gasteiger partial charge in [-0.3, -0.25) is 19.6 Å². The van der Waals surface area contributed by atoms with Crippen molar-refractivity contribution in [2.45, 2.75) is 31.8 Å². The molecule has 0 saturated carbocycles. The van der Waals surface area contributed by atoms with Gasteiger partial charge in [0.1, 0.15) is 6.04 Å². The zero-order chi connectivity index (χ0) is 30.0. The van der Waals surface area contributed by atoms with Crippen LogP contribution < -0.4 is 21.4 Å². The number of carbonyl (C=O) groups excluding carboxylic acids is 3. The van der Waals surface area contributed by atoms with Gasteiger partial charge in [0, 0.05) is 28.9 Å². The Hall–Kier alpha value is -4.70. The van der Waals surface area contributed by atoms with Crippen molar-refractivity contribution in [1.29, 1.82) is 0 Å². The summed E-state index contributed by atoms with van der Waals surface area (Å²) >= 11 is 0. The highest BCUT2D eigenvalue weighted by Gasteiger charge is 2.30. The van der Waals surface area contributed by atoms with E-state index in [0.717, 1.165) is 12.1 Å². The van der Waals surface area contributed by atoms with E-state index in [1.165, 1.54) is 30.6 Å². The fourth-order valence-corrected chi connectivity index (χ4v) is 3.57. The number of rotatable bonds is 9. The van der Waals surface area contributed by atoms with E-state index in [1.807, 2.05) is 0 Å². The molecule has 2 unspecified atom stereocenters. The molecule has 0 aliphatic heterocycles. The normalized spacial score (nSPS) is 12.3. The lowest BCUT2D eigenvalue weighted by Crippen LogP contribution is -2.51. The molecule has 6 N–H and O–H groups in total. The summed E-state index contributed by atoms with van der Waals surface area (Å²) < 4.78 is 38.5. The zero-order valence-corrected chi connectivity index (χ0v) is 21.8. The third-order valence-electron chi connectivity index (χ3n) is 5.70. The van der Waals surface area contributed by atoms with Gasteiger partial charge in [-0.1, -0.05) is 30.0 Å². The number of aliphatic hydroxyl groups is 1. The second kappa shape index (κ2) is 14.1. The molecule has 0 saturated heterocycles. The van der Waals surface area contributed by atoms with Crippen LogP contribution in [0.25, 0.3) is 0 Å². The topological polar surface area (TPSA) is 140 Å². The molecular weight excluding hydrogens is 541 g/mol. The fraction of sp³-hybridized carbons (Fsp3) is 0.207. The van der Waals surface area contributed by atoms with E-state index in [9.17, 15) is 32.7 Å². The number of hydrogen-bond donors (Lipinski definition) is 6. The smallest absolute Gasteiger partial charge is 0.391 e. The summed E-state index contributed by atoms with van der Waals surface area (Å²) in [6.45, 7) is 1.30. The Labute approximate surface area is 233 Å². The molecule has 0 bridgehead atoms. The Kier molecular flexibility index (Phi) is 10.6. The van der Waals surface area contributed by atoms with Crippen molar-refractivity contribution >= 4 is 23.4 Å². The first-order chi connectivity index (χ1) is 19.5. The number of benzene rings is 3. The molecule has 3 aromatic rings. The number of aliphatic hydroxyl groups excluding tert-OH is 1. The summed E-state index contributed by atoms with van der Waals surface area (Å²) in [5, 5.41) is 26.2. The van der Waals surface area contributed by atoms with Gasteiger partial charge in [-0.2, -0.15) is 13.2 Å². The quantitative estimate of drug-likeness (QED) is 0.133. The predicted octanol–water partition coefficient (Wildman–Crippen LogP) is 2.82. The first kappa shape index (κ1) is 30.8. The van der Waals surface area contributed by atoms with E-state index in [1.54, 1.807) is 42.5 Å². The number of carbonyl (C=O) groups is 3. The van der Waals surface area contributed by atoms with Crippen LogP contribution in [-0.4, -0.2) is 46.7 Å². The molecule has 41 heavy (non-hydrogen) atoms. The van der Waals surface area contributed by atoms with Crippen LogP contribution in [0.2, 0.25) is 0 Å². The van der Waals surface area contributed by atoms with Crippen molar-refractivity contribution in [2.75, 3.05) is 11.9 Å². The minimum absolute atomic E-state index is 0.0971. The molecular formula is C29H27F3N4O5. The largest absolute Gasteiger partial charge is 0.416 e. The third-order valence-corrected chi connectivity index (χ3v) is 5.70. The van der Waals surface area contributed by atoms with E-state index in [0.29, 0.717) is 22.4 Å². The number of alkyl halides is 3. The summed E-state index contributed by atoms with van der Waals surface area (Å²) in [6, 6.07) is 16.5. The first-order valence-electron chi connectivity index (χ1n) is 12.3. The van der Waals surface area contributed by atoms with Gasteiger partial charge >= 0.3 is 6.18 Å². The van der Waals surface area contributed by atoms with Crippen molar-refractivity contribution in [3.05, 3.63) is 101 Å². The standard InChI is InChI=1S/C29H27F3N4O5/c1-18(37)26(28(40)36-41)35-27(39)22-11-7-19(8-12-22)5-6-20-9-13-24(14-10-20)34-25(38)17-33-16-21-3-2-4-23(15-21)29(30,31)32/h2-4,7-15,18,26,33,37,41H,16-17H2,1H3,(H,34,38)(H,35,39)(H,36,40). The average molecular weight is 569 g/mol. The predicted molar refractivity (Wildman–Crippen MR) is 144 cm³/mol. The molecule has 0 heterocycles. The molecule has 0 spiro atoms. The van der Waals surface area contributed by atoms with Crippen molar-refractivity contribution in [3.8, 4) is 11.8 Å².